The van der Waals surface area contributed by atoms with Gasteiger partial charge >= 0.3 is 0 Å². The summed E-state index contributed by atoms with van der Waals surface area (Å²) in [5.41, 5.74) is 6.55. The Labute approximate surface area is 112 Å². The lowest BCUT2D eigenvalue weighted by Gasteiger charge is -2.23. The molecular formula is C13H18ClN3O. The summed E-state index contributed by atoms with van der Waals surface area (Å²) in [6.45, 7) is 2.96. The maximum absolute atomic E-state index is 11.3. The van der Waals surface area contributed by atoms with Crippen LogP contribution in [0.3, 0.4) is 0 Å². The minimum atomic E-state index is -0.457. The van der Waals surface area contributed by atoms with Crippen molar-refractivity contribution >= 4 is 23.2 Å². The van der Waals surface area contributed by atoms with Gasteiger partial charge in [-0.3, -0.25) is 4.79 Å². The third kappa shape index (κ3) is 3.37. The molecule has 1 unspecified atom stereocenters. The van der Waals surface area contributed by atoms with Crippen molar-refractivity contribution in [1.82, 2.24) is 5.32 Å². The number of hydrogen-bond donors (Lipinski definition) is 3. The van der Waals surface area contributed by atoms with Gasteiger partial charge in [0.1, 0.15) is 0 Å². The molecule has 2 rings (SSSR count). The van der Waals surface area contributed by atoms with E-state index < -0.39 is 5.91 Å². The quantitative estimate of drug-likeness (QED) is 0.780. The number of nitrogens with one attached hydrogen (secondary N) is 2. The topological polar surface area (TPSA) is 67.2 Å². The van der Waals surface area contributed by atoms with E-state index in [2.05, 4.69) is 10.6 Å². The van der Waals surface area contributed by atoms with Crippen molar-refractivity contribution in [2.45, 2.75) is 12.8 Å². The Kier molecular flexibility index (Phi) is 4.44. The van der Waals surface area contributed by atoms with Crippen LogP contribution in [0.4, 0.5) is 5.69 Å². The highest BCUT2D eigenvalue weighted by atomic mass is 35.5. The zero-order valence-electron chi connectivity index (χ0n) is 10.2. The summed E-state index contributed by atoms with van der Waals surface area (Å²) in [5.74, 6) is 0.136. The normalized spacial score (nSPS) is 19.5. The second-order valence-corrected chi connectivity index (χ2v) is 5.08. The Balaban J connectivity index is 2.01. The fourth-order valence-corrected chi connectivity index (χ4v) is 2.40. The first kappa shape index (κ1) is 13.2. The summed E-state index contributed by atoms with van der Waals surface area (Å²) in [4.78, 5) is 11.3. The molecule has 1 aliphatic heterocycles. The van der Waals surface area contributed by atoms with Crippen molar-refractivity contribution in [3.63, 3.8) is 0 Å². The maximum atomic E-state index is 11.3. The molecular weight excluding hydrogens is 250 g/mol. The number of piperidine rings is 1. The lowest BCUT2D eigenvalue weighted by Crippen LogP contribution is -2.33. The zero-order chi connectivity index (χ0) is 13.0. The molecule has 4 N–H and O–H groups in total. The molecule has 0 aliphatic carbocycles. The first-order valence-corrected chi connectivity index (χ1v) is 6.58. The molecule has 1 atom stereocenters. The van der Waals surface area contributed by atoms with E-state index in [0.717, 1.165) is 25.3 Å². The number of amides is 1. The van der Waals surface area contributed by atoms with Gasteiger partial charge < -0.3 is 16.4 Å². The lowest BCUT2D eigenvalue weighted by atomic mass is 9.99. The van der Waals surface area contributed by atoms with Crippen LogP contribution in [0.1, 0.15) is 23.2 Å². The molecule has 1 aromatic carbocycles. The number of hydrogen-bond acceptors (Lipinski definition) is 3. The van der Waals surface area contributed by atoms with Crippen molar-refractivity contribution in [2.24, 2.45) is 11.7 Å². The smallest absolute Gasteiger partial charge is 0.250 e. The van der Waals surface area contributed by atoms with Crippen molar-refractivity contribution in [2.75, 3.05) is 25.0 Å². The van der Waals surface area contributed by atoms with Gasteiger partial charge in [0.05, 0.1) is 5.56 Å². The van der Waals surface area contributed by atoms with E-state index in [0.29, 0.717) is 16.5 Å². The highest BCUT2D eigenvalue weighted by Crippen LogP contribution is 2.21. The first-order valence-electron chi connectivity index (χ1n) is 6.21. The highest BCUT2D eigenvalue weighted by molar-refractivity contribution is 6.31. The standard InChI is InChI=1S/C13H18ClN3O/c14-10-3-4-12(11(6-10)13(15)18)17-8-9-2-1-5-16-7-9/h3-4,6,9,16-17H,1-2,5,7-8H2,(H2,15,18). The van der Waals surface area contributed by atoms with E-state index >= 15 is 0 Å². The molecule has 0 saturated carbocycles. The zero-order valence-corrected chi connectivity index (χ0v) is 11.0. The van der Waals surface area contributed by atoms with Gasteiger partial charge in [0.2, 0.25) is 0 Å². The minimum Gasteiger partial charge on any atom is -0.384 e. The second-order valence-electron chi connectivity index (χ2n) is 4.65. The molecule has 1 fully saturated rings. The van der Waals surface area contributed by atoms with Crippen LogP contribution in [-0.2, 0) is 0 Å². The number of benzene rings is 1. The molecule has 0 radical (unpaired) electrons. The number of halogens is 1. The molecule has 1 heterocycles. The molecule has 1 aliphatic rings. The highest BCUT2D eigenvalue weighted by Gasteiger charge is 2.14. The molecule has 18 heavy (non-hydrogen) atoms. The second kappa shape index (κ2) is 6.07. The van der Waals surface area contributed by atoms with Crippen LogP contribution >= 0.6 is 11.6 Å². The molecule has 4 nitrogen and oxygen atoms in total. The van der Waals surface area contributed by atoms with E-state index in [1.54, 1.807) is 18.2 Å². The third-order valence-electron chi connectivity index (χ3n) is 3.23. The average molecular weight is 268 g/mol. The van der Waals surface area contributed by atoms with Crippen LogP contribution in [-0.4, -0.2) is 25.5 Å². The predicted molar refractivity (Wildman–Crippen MR) is 74.1 cm³/mol. The number of primary amides is 1. The van der Waals surface area contributed by atoms with E-state index in [1.165, 1.54) is 12.8 Å². The van der Waals surface area contributed by atoms with Crippen LogP contribution in [0, 0.1) is 5.92 Å². The molecule has 1 amide bonds. The summed E-state index contributed by atoms with van der Waals surface area (Å²) < 4.78 is 0. The van der Waals surface area contributed by atoms with E-state index in [1.807, 2.05) is 0 Å². The molecule has 0 bridgehead atoms. The van der Waals surface area contributed by atoms with E-state index in [9.17, 15) is 4.79 Å². The number of carbonyl (C=O) groups is 1. The van der Waals surface area contributed by atoms with Gasteiger partial charge in [0, 0.05) is 17.3 Å². The third-order valence-corrected chi connectivity index (χ3v) is 3.46. The Bertz CT molecular complexity index is 430. The molecule has 5 heteroatoms. The van der Waals surface area contributed by atoms with Crippen LogP contribution in [0.2, 0.25) is 5.02 Å². The monoisotopic (exact) mass is 267 g/mol. The first-order chi connectivity index (χ1) is 8.66. The summed E-state index contributed by atoms with van der Waals surface area (Å²) in [7, 11) is 0. The van der Waals surface area contributed by atoms with Gasteiger partial charge in [-0.25, -0.2) is 0 Å². The Morgan fingerprint density at radius 3 is 3.06 bits per heavy atom. The fraction of sp³-hybridized carbons (Fsp3) is 0.462. The van der Waals surface area contributed by atoms with E-state index in [4.69, 9.17) is 17.3 Å². The van der Waals surface area contributed by atoms with Gasteiger partial charge in [-0.05, 0) is 50.0 Å². The summed E-state index contributed by atoms with van der Waals surface area (Å²) in [6.07, 6.45) is 2.41. The summed E-state index contributed by atoms with van der Waals surface area (Å²) >= 11 is 5.86. The lowest BCUT2D eigenvalue weighted by molar-refractivity contribution is 0.100. The van der Waals surface area contributed by atoms with Gasteiger partial charge in [-0.15, -0.1) is 0 Å². The maximum Gasteiger partial charge on any atom is 0.250 e. The Morgan fingerprint density at radius 1 is 1.56 bits per heavy atom. The number of nitrogens with two attached hydrogens (primary N) is 1. The van der Waals surface area contributed by atoms with Crippen LogP contribution < -0.4 is 16.4 Å². The van der Waals surface area contributed by atoms with Gasteiger partial charge in [-0.2, -0.15) is 0 Å². The number of rotatable bonds is 4. The fourth-order valence-electron chi connectivity index (χ4n) is 2.23. The molecule has 98 valence electrons. The van der Waals surface area contributed by atoms with Crippen molar-refractivity contribution in [3.05, 3.63) is 28.8 Å². The summed E-state index contributed by atoms with van der Waals surface area (Å²) in [6, 6.07) is 5.17. The minimum absolute atomic E-state index is 0.450. The number of anilines is 1. The molecule has 1 saturated heterocycles. The van der Waals surface area contributed by atoms with Crippen LogP contribution in [0.5, 0.6) is 0 Å². The van der Waals surface area contributed by atoms with Gasteiger partial charge in [0.25, 0.3) is 5.91 Å². The number of carbonyl (C=O) groups excluding carboxylic acids is 1. The van der Waals surface area contributed by atoms with Crippen molar-refractivity contribution in [3.8, 4) is 0 Å². The Morgan fingerprint density at radius 2 is 2.39 bits per heavy atom. The largest absolute Gasteiger partial charge is 0.384 e. The Hall–Kier alpha value is -1.26. The van der Waals surface area contributed by atoms with Crippen LogP contribution in [0.25, 0.3) is 0 Å². The molecule has 0 aromatic heterocycles. The van der Waals surface area contributed by atoms with Crippen LogP contribution in [0.15, 0.2) is 18.2 Å². The van der Waals surface area contributed by atoms with Gasteiger partial charge in [-0.1, -0.05) is 11.6 Å². The van der Waals surface area contributed by atoms with Crippen molar-refractivity contribution in [1.29, 1.82) is 0 Å². The SMILES string of the molecule is NC(=O)c1cc(Cl)ccc1NCC1CCCNC1. The van der Waals surface area contributed by atoms with Gasteiger partial charge in [0.15, 0.2) is 0 Å². The molecule has 0 spiro atoms. The average Bonchev–Trinajstić information content (AvgIpc) is 2.38. The molecule has 1 aromatic rings. The predicted octanol–water partition coefficient (Wildman–Crippen LogP) is 1.85. The van der Waals surface area contributed by atoms with E-state index in [-0.39, 0.29) is 0 Å². The summed E-state index contributed by atoms with van der Waals surface area (Å²) in [5, 5.41) is 7.18. The van der Waals surface area contributed by atoms with Crippen molar-refractivity contribution < 1.29 is 4.79 Å².